The molecule has 1 saturated heterocycles. The summed E-state index contributed by atoms with van der Waals surface area (Å²) in [5.41, 5.74) is 2.64. The molecular formula is C14H19ClN4O. The lowest BCUT2D eigenvalue weighted by Crippen LogP contribution is -2.52. The standard InChI is InChI=1S/C14H18N4O.ClH/c1-9-5-11-8-16-17-13(11)12(6-9)14(19)18-4-3-15-7-10(18)2;/h5-6,8,10,15H,3-4,7H2,1-2H3,(H,16,17);1H/t10-;/m1./s1. The van der Waals surface area contributed by atoms with Crippen LogP contribution in [0.3, 0.4) is 0 Å². The first kappa shape index (κ1) is 14.8. The number of benzene rings is 1. The van der Waals surface area contributed by atoms with Crippen molar-refractivity contribution in [3.63, 3.8) is 0 Å². The fraction of sp³-hybridized carbons (Fsp3) is 0.429. The third kappa shape index (κ3) is 2.51. The largest absolute Gasteiger partial charge is 0.333 e. The van der Waals surface area contributed by atoms with Gasteiger partial charge in [-0.05, 0) is 31.5 Å². The number of carbonyl (C=O) groups is 1. The minimum absolute atomic E-state index is 0. The summed E-state index contributed by atoms with van der Waals surface area (Å²) in [6.07, 6.45) is 1.76. The van der Waals surface area contributed by atoms with Crippen LogP contribution in [0.1, 0.15) is 22.8 Å². The molecule has 0 unspecified atom stereocenters. The van der Waals surface area contributed by atoms with Gasteiger partial charge in [-0.3, -0.25) is 9.89 Å². The van der Waals surface area contributed by atoms with Gasteiger partial charge in [0, 0.05) is 31.1 Å². The van der Waals surface area contributed by atoms with E-state index in [9.17, 15) is 4.79 Å². The molecule has 1 aliphatic heterocycles. The van der Waals surface area contributed by atoms with E-state index in [4.69, 9.17) is 0 Å². The van der Waals surface area contributed by atoms with Gasteiger partial charge in [0.25, 0.3) is 5.91 Å². The number of nitrogens with one attached hydrogen (secondary N) is 2. The van der Waals surface area contributed by atoms with Gasteiger partial charge in [0.1, 0.15) is 0 Å². The van der Waals surface area contributed by atoms with Crippen LogP contribution in [-0.2, 0) is 0 Å². The van der Waals surface area contributed by atoms with Gasteiger partial charge in [0.05, 0.1) is 17.3 Å². The first-order valence-electron chi connectivity index (χ1n) is 6.62. The molecule has 0 saturated carbocycles. The Morgan fingerprint density at radius 1 is 1.45 bits per heavy atom. The number of carbonyl (C=O) groups excluding carboxylic acids is 1. The number of halogens is 1. The Labute approximate surface area is 124 Å². The van der Waals surface area contributed by atoms with E-state index in [-0.39, 0.29) is 24.4 Å². The van der Waals surface area contributed by atoms with Crippen LogP contribution in [0, 0.1) is 6.92 Å². The molecule has 0 bridgehead atoms. The zero-order valence-corrected chi connectivity index (χ0v) is 12.5. The smallest absolute Gasteiger partial charge is 0.256 e. The Kier molecular flexibility index (Phi) is 4.30. The van der Waals surface area contributed by atoms with Crippen molar-refractivity contribution in [1.82, 2.24) is 20.4 Å². The lowest BCUT2D eigenvalue weighted by molar-refractivity contribution is 0.0657. The van der Waals surface area contributed by atoms with Crippen LogP contribution >= 0.6 is 12.4 Å². The number of aromatic amines is 1. The number of hydrogen-bond acceptors (Lipinski definition) is 3. The van der Waals surface area contributed by atoms with E-state index in [1.807, 2.05) is 24.0 Å². The lowest BCUT2D eigenvalue weighted by Gasteiger charge is -2.34. The molecule has 1 aliphatic rings. The van der Waals surface area contributed by atoms with E-state index in [1.165, 1.54) is 0 Å². The van der Waals surface area contributed by atoms with Gasteiger partial charge in [-0.15, -0.1) is 12.4 Å². The fourth-order valence-electron chi connectivity index (χ4n) is 2.67. The van der Waals surface area contributed by atoms with Crippen molar-refractivity contribution in [3.05, 3.63) is 29.5 Å². The number of hydrogen-bond donors (Lipinski definition) is 2. The number of aromatic nitrogens is 2. The fourth-order valence-corrected chi connectivity index (χ4v) is 2.67. The van der Waals surface area contributed by atoms with Crippen molar-refractivity contribution in [1.29, 1.82) is 0 Å². The quantitative estimate of drug-likeness (QED) is 0.842. The summed E-state index contributed by atoms with van der Waals surface area (Å²) in [5, 5.41) is 11.3. The number of rotatable bonds is 1. The van der Waals surface area contributed by atoms with Gasteiger partial charge in [-0.2, -0.15) is 5.10 Å². The van der Waals surface area contributed by atoms with Crippen molar-refractivity contribution >= 4 is 29.2 Å². The summed E-state index contributed by atoms with van der Waals surface area (Å²) in [7, 11) is 0. The van der Waals surface area contributed by atoms with E-state index >= 15 is 0 Å². The number of amides is 1. The summed E-state index contributed by atoms with van der Waals surface area (Å²) >= 11 is 0. The Morgan fingerprint density at radius 3 is 3.00 bits per heavy atom. The Bertz CT molecular complexity index is 625. The van der Waals surface area contributed by atoms with Crippen LogP contribution in [0.25, 0.3) is 10.9 Å². The minimum Gasteiger partial charge on any atom is -0.333 e. The highest BCUT2D eigenvalue weighted by atomic mass is 35.5. The van der Waals surface area contributed by atoms with Crippen LogP contribution in [0.4, 0.5) is 0 Å². The summed E-state index contributed by atoms with van der Waals surface area (Å²) in [4.78, 5) is 14.7. The van der Waals surface area contributed by atoms with Crippen LogP contribution in [0.5, 0.6) is 0 Å². The predicted octanol–water partition coefficient (Wildman–Crippen LogP) is 1.73. The molecule has 0 spiro atoms. The molecule has 2 N–H and O–H groups in total. The monoisotopic (exact) mass is 294 g/mol. The zero-order valence-electron chi connectivity index (χ0n) is 11.6. The second-order valence-corrected chi connectivity index (χ2v) is 5.20. The highest BCUT2D eigenvalue weighted by molar-refractivity contribution is 6.05. The molecule has 1 fully saturated rings. The van der Waals surface area contributed by atoms with Gasteiger partial charge >= 0.3 is 0 Å². The van der Waals surface area contributed by atoms with E-state index < -0.39 is 0 Å². The number of aryl methyl sites for hydroxylation is 1. The number of H-pyrrole nitrogens is 1. The Morgan fingerprint density at radius 2 is 2.25 bits per heavy atom. The molecule has 2 heterocycles. The molecule has 1 aromatic heterocycles. The molecule has 108 valence electrons. The summed E-state index contributed by atoms with van der Waals surface area (Å²) < 4.78 is 0. The van der Waals surface area contributed by atoms with E-state index in [2.05, 4.69) is 22.4 Å². The van der Waals surface area contributed by atoms with Crippen molar-refractivity contribution in [3.8, 4) is 0 Å². The summed E-state index contributed by atoms with van der Waals surface area (Å²) in [6.45, 7) is 6.54. The maximum Gasteiger partial charge on any atom is 0.256 e. The summed E-state index contributed by atoms with van der Waals surface area (Å²) in [6, 6.07) is 4.20. The first-order chi connectivity index (χ1) is 9.16. The average Bonchev–Trinajstić information content (AvgIpc) is 2.85. The minimum atomic E-state index is 0. The first-order valence-corrected chi connectivity index (χ1v) is 6.62. The second kappa shape index (κ2) is 5.81. The molecule has 1 aromatic carbocycles. The highest BCUT2D eigenvalue weighted by Crippen LogP contribution is 2.21. The normalized spacial score (nSPS) is 18.9. The number of fused-ring (bicyclic) bond motifs is 1. The maximum absolute atomic E-state index is 12.7. The Hall–Kier alpha value is -1.59. The molecule has 2 aromatic rings. The van der Waals surface area contributed by atoms with Gasteiger partial charge < -0.3 is 10.2 Å². The third-order valence-electron chi connectivity index (χ3n) is 3.69. The molecule has 1 amide bonds. The van der Waals surface area contributed by atoms with Crippen LogP contribution in [0.15, 0.2) is 18.3 Å². The van der Waals surface area contributed by atoms with Crippen molar-refractivity contribution in [2.45, 2.75) is 19.9 Å². The van der Waals surface area contributed by atoms with Crippen LogP contribution in [-0.4, -0.2) is 46.7 Å². The van der Waals surface area contributed by atoms with E-state index in [0.717, 1.165) is 41.7 Å². The zero-order chi connectivity index (χ0) is 13.4. The maximum atomic E-state index is 12.7. The molecule has 5 nitrogen and oxygen atoms in total. The highest BCUT2D eigenvalue weighted by Gasteiger charge is 2.25. The number of nitrogens with zero attached hydrogens (tertiary/aromatic N) is 2. The second-order valence-electron chi connectivity index (χ2n) is 5.20. The number of piperazine rings is 1. The SMILES string of the molecule is Cc1cc(C(=O)N2CCNC[C@H]2C)c2[nH]ncc2c1.Cl. The van der Waals surface area contributed by atoms with Crippen molar-refractivity contribution < 1.29 is 4.79 Å². The predicted molar refractivity (Wildman–Crippen MR) is 81.4 cm³/mol. The van der Waals surface area contributed by atoms with Gasteiger partial charge in [0.15, 0.2) is 0 Å². The van der Waals surface area contributed by atoms with Gasteiger partial charge in [-0.1, -0.05) is 0 Å². The molecule has 0 radical (unpaired) electrons. The molecule has 6 heteroatoms. The topological polar surface area (TPSA) is 61.0 Å². The average molecular weight is 295 g/mol. The summed E-state index contributed by atoms with van der Waals surface area (Å²) in [5.74, 6) is 0.0898. The van der Waals surface area contributed by atoms with E-state index in [0.29, 0.717) is 0 Å². The van der Waals surface area contributed by atoms with Crippen LogP contribution < -0.4 is 5.32 Å². The lowest BCUT2D eigenvalue weighted by atomic mass is 10.1. The van der Waals surface area contributed by atoms with Crippen molar-refractivity contribution in [2.75, 3.05) is 19.6 Å². The molecule has 3 rings (SSSR count). The Balaban J connectivity index is 0.00000147. The van der Waals surface area contributed by atoms with Gasteiger partial charge in [0.2, 0.25) is 0 Å². The molecular weight excluding hydrogens is 276 g/mol. The third-order valence-corrected chi connectivity index (χ3v) is 3.69. The van der Waals surface area contributed by atoms with Crippen LogP contribution in [0.2, 0.25) is 0 Å². The molecule has 0 aliphatic carbocycles. The van der Waals surface area contributed by atoms with E-state index in [1.54, 1.807) is 6.20 Å². The molecule has 1 atom stereocenters. The van der Waals surface area contributed by atoms with Crippen molar-refractivity contribution in [2.24, 2.45) is 0 Å². The molecule has 20 heavy (non-hydrogen) atoms. The van der Waals surface area contributed by atoms with Gasteiger partial charge in [-0.25, -0.2) is 0 Å².